The lowest BCUT2D eigenvalue weighted by Gasteiger charge is -2.25. The summed E-state index contributed by atoms with van der Waals surface area (Å²) in [5.74, 6) is -1.33. The monoisotopic (exact) mass is 202 g/mol. The molecular weight excluding hydrogens is 184 g/mol. The van der Waals surface area contributed by atoms with Gasteiger partial charge in [-0.05, 0) is 13.3 Å². The van der Waals surface area contributed by atoms with Gasteiger partial charge in [0.05, 0.1) is 0 Å². The summed E-state index contributed by atoms with van der Waals surface area (Å²) in [4.78, 5) is 21.4. The maximum Gasteiger partial charge on any atom is 0.323 e. The van der Waals surface area contributed by atoms with Crippen LogP contribution in [0.2, 0.25) is 0 Å². The van der Waals surface area contributed by atoms with E-state index < -0.39 is 17.4 Å². The molecule has 0 saturated carbocycles. The van der Waals surface area contributed by atoms with E-state index in [0.717, 1.165) is 6.42 Å². The van der Waals surface area contributed by atoms with E-state index >= 15 is 0 Å². The summed E-state index contributed by atoms with van der Waals surface area (Å²) in [6, 6.07) is 0. The molecule has 0 bridgehead atoms. The Labute approximate surface area is 83.7 Å². The number of hydrogen-bond donors (Lipinski definition) is 3. The van der Waals surface area contributed by atoms with Crippen molar-refractivity contribution in [2.45, 2.75) is 38.6 Å². The van der Waals surface area contributed by atoms with E-state index in [1.807, 2.05) is 6.92 Å². The van der Waals surface area contributed by atoms with Crippen molar-refractivity contribution in [3.8, 4) is 0 Å². The van der Waals surface area contributed by atoms with Crippen molar-refractivity contribution in [3.05, 3.63) is 0 Å². The average molecular weight is 202 g/mol. The SMILES string of the molecule is CCCC(C)(NCCC(N)=O)C(=O)O. The van der Waals surface area contributed by atoms with Crippen molar-refractivity contribution in [1.29, 1.82) is 0 Å². The summed E-state index contributed by atoms with van der Waals surface area (Å²) in [5, 5.41) is 11.8. The van der Waals surface area contributed by atoms with Gasteiger partial charge in [0.2, 0.25) is 5.91 Å². The highest BCUT2D eigenvalue weighted by molar-refractivity contribution is 5.78. The van der Waals surface area contributed by atoms with Gasteiger partial charge in [-0.25, -0.2) is 0 Å². The Bertz CT molecular complexity index is 218. The van der Waals surface area contributed by atoms with Gasteiger partial charge < -0.3 is 16.2 Å². The zero-order valence-corrected chi connectivity index (χ0v) is 8.67. The Morgan fingerprint density at radius 3 is 2.43 bits per heavy atom. The predicted molar refractivity (Wildman–Crippen MR) is 52.8 cm³/mol. The number of rotatable bonds is 7. The highest BCUT2D eigenvalue weighted by atomic mass is 16.4. The van der Waals surface area contributed by atoms with Gasteiger partial charge in [0, 0.05) is 13.0 Å². The zero-order chi connectivity index (χ0) is 11.2. The molecule has 4 N–H and O–H groups in total. The van der Waals surface area contributed by atoms with Crippen LogP contribution in [0.1, 0.15) is 33.1 Å². The van der Waals surface area contributed by atoms with Crippen LogP contribution in [0.3, 0.4) is 0 Å². The molecule has 82 valence electrons. The Kier molecular flexibility index (Phi) is 5.15. The second-order valence-electron chi connectivity index (χ2n) is 3.53. The minimum atomic E-state index is -0.954. The lowest BCUT2D eigenvalue weighted by Crippen LogP contribution is -2.50. The first-order valence-corrected chi connectivity index (χ1v) is 4.69. The van der Waals surface area contributed by atoms with Gasteiger partial charge in [0.1, 0.15) is 5.54 Å². The van der Waals surface area contributed by atoms with Crippen molar-refractivity contribution in [2.75, 3.05) is 6.54 Å². The Morgan fingerprint density at radius 1 is 1.50 bits per heavy atom. The number of aliphatic carboxylic acids is 1. The standard InChI is InChI=1S/C9H18N2O3/c1-3-5-9(2,8(13)14)11-6-4-7(10)12/h11H,3-6H2,1-2H3,(H2,10,12)(H,13,14). The van der Waals surface area contributed by atoms with Gasteiger partial charge in [-0.2, -0.15) is 0 Å². The quantitative estimate of drug-likeness (QED) is 0.545. The summed E-state index contributed by atoms with van der Waals surface area (Å²) in [7, 11) is 0. The molecule has 14 heavy (non-hydrogen) atoms. The fourth-order valence-electron chi connectivity index (χ4n) is 1.23. The molecule has 0 aliphatic carbocycles. The second-order valence-corrected chi connectivity index (χ2v) is 3.53. The molecule has 1 atom stereocenters. The smallest absolute Gasteiger partial charge is 0.323 e. The van der Waals surface area contributed by atoms with Crippen LogP contribution >= 0.6 is 0 Å². The fourth-order valence-corrected chi connectivity index (χ4v) is 1.23. The van der Waals surface area contributed by atoms with Crippen molar-refractivity contribution < 1.29 is 14.7 Å². The fraction of sp³-hybridized carbons (Fsp3) is 0.778. The number of hydrogen-bond acceptors (Lipinski definition) is 3. The third kappa shape index (κ3) is 4.23. The molecule has 0 aliphatic heterocycles. The maximum absolute atomic E-state index is 10.9. The molecule has 1 amide bonds. The number of carbonyl (C=O) groups is 2. The summed E-state index contributed by atoms with van der Waals surface area (Å²) in [6.45, 7) is 3.83. The lowest BCUT2D eigenvalue weighted by molar-refractivity contribution is -0.144. The molecule has 5 nitrogen and oxygen atoms in total. The molecule has 0 saturated heterocycles. The first-order chi connectivity index (χ1) is 6.42. The van der Waals surface area contributed by atoms with Gasteiger partial charge in [0.25, 0.3) is 0 Å². The molecule has 0 heterocycles. The van der Waals surface area contributed by atoms with E-state index in [9.17, 15) is 9.59 Å². The van der Waals surface area contributed by atoms with E-state index in [1.54, 1.807) is 6.92 Å². The Morgan fingerprint density at radius 2 is 2.07 bits per heavy atom. The van der Waals surface area contributed by atoms with Crippen LogP contribution in [0, 0.1) is 0 Å². The van der Waals surface area contributed by atoms with Crippen molar-refractivity contribution in [2.24, 2.45) is 5.73 Å². The van der Waals surface area contributed by atoms with Gasteiger partial charge in [0.15, 0.2) is 0 Å². The van der Waals surface area contributed by atoms with Crippen molar-refractivity contribution in [3.63, 3.8) is 0 Å². The summed E-state index contributed by atoms with van der Waals surface area (Å²) in [5.41, 5.74) is 3.99. The summed E-state index contributed by atoms with van der Waals surface area (Å²) < 4.78 is 0. The van der Waals surface area contributed by atoms with Crippen LogP contribution in [0.5, 0.6) is 0 Å². The Hall–Kier alpha value is -1.10. The van der Waals surface area contributed by atoms with Gasteiger partial charge >= 0.3 is 5.97 Å². The van der Waals surface area contributed by atoms with E-state index in [-0.39, 0.29) is 6.42 Å². The van der Waals surface area contributed by atoms with Crippen LogP contribution in [0.15, 0.2) is 0 Å². The molecule has 0 aromatic rings. The normalized spacial score (nSPS) is 14.7. The molecule has 0 fully saturated rings. The first kappa shape index (κ1) is 12.9. The molecule has 0 spiro atoms. The van der Waals surface area contributed by atoms with Gasteiger partial charge in [-0.3, -0.25) is 9.59 Å². The molecule has 0 aliphatic rings. The van der Waals surface area contributed by atoms with E-state index in [1.165, 1.54) is 0 Å². The summed E-state index contributed by atoms with van der Waals surface area (Å²) >= 11 is 0. The van der Waals surface area contributed by atoms with Gasteiger partial charge in [-0.15, -0.1) is 0 Å². The minimum Gasteiger partial charge on any atom is -0.480 e. The second kappa shape index (κ2) is 5.59. The van der Waals surface area contributed by atoms with Crippen LogP contribution in [0.25, 0.3) is 0 Å². The number of nitrogens with two attached hydrogens (primary N) is 1. The highest BCUT2D eigenvalue weighted by Gasteiger charge is 2.30. The topological polar surface area (TPSA) is 92.4 Å². The lowest BCUT2D eigenvalue weighted by atomic mass is 9.96. The van der Waals surface area contributed by atoms with Crippen molar-refractivity contribution >= 4 is 11.9 Å². The molecule has 0 radical (unpaired) electrons. The van der Waals surface area contributed by atoms with Crippen LogP contribution in [-0.4, -0.2) is 29.1 Å². The number of primary amides is 1. The number of amides is 1. The molecule has 5 heteroatoms. The molecule has 1 unspecified atom stereocenters. The maximum atomic E-state index is 10.9. The number of nitrogens with one attached hydrogen (secondary N) is 1. The predicted octanol–water partition coefficient (Wildman–Crippen LogP) is 0.0948. The molecule has 0 aromatic heterocycles. The largest absolute Gasteiger partial charge is 0.480 e. The van der Waals surface area contributed by atoms with E-state index in [2.05, 4.69) is 5.32 Å². The molecular formula is C9H18N2O3. The minimum absolute atomic E-state index is 0.159. The van der Waals surface area contributed by atoms with Crippen LogP contribution in [0.4, 0.5) is 0 Å². The van der Waals surface area contributed by atoms with Crippen molar-refractivity contribution in [1.82, 2.24) is 5.32 Å². The van der Waals surface area contributed by atoms with E-state index in [4.69, 9.17) is 10.8 Å². The third-order valence-electron chi connectivity index (χ3n) is 2.11. The number of carboxylic acid groups (broad SMARTS) is 1. The van der Waals surface area contributed by atoms with Gasteiger partial charge in [-0.1, -0.05) is 13.3 Å². The number of carbonyl (C=O) groups excluding carboxylic acids is 1. The third-order valence-corrected chi connectivity index (χ3v) is 2.11. The van der Waals surface area contributed by atoms with Crippen LogP contribution < -0.4 is 11.1 Å². The zero-order valence-electron chi connectivity index (χ0n) is 8.67. The number of carboxylic acids is 1. The first-order valence-electron chi connectivity index (χ1n) is 4.69. The highest BCUT2D eigenvalue weighted by Crippen LogP contribution is 2.12. The van der Waals surface area contributed by atoms with E-state index in [0.29, 0.717) is 13.0 Å². The summed E-state index contributed by atoms with van der Waals surface area (Å²) in [6.07, 6.45) is 1.46. The Balaban J connectivity index is 4.09. The molecule has 0 aromatic carbocycles. The average Bonchev–Trinajstić information content (AvgIpc) is 2.03. The molecule has 0 rings (SSSR count). The van der Waals surface area contributed by atoms with Crippen LogP contribution in [-0.2, 0) is 9.59 Å².